The van der Waals surface area contributed by atoms with Gasteiger partial charge in [-0.1, -0.05) is 18.2 Å². The van der Waals surface area contributed by atoms with Crippen molar-refractivity contribution in [3.05, 3.63) is 40.6 Å². The highest BCUT2D eigenvalue weighted by Gasteiger charge is 2.04. The predicted octanol–water partition coefficient (Wildman–Crippen LogP) is 1.82. The van der Waals surface area contributed by atoms with Crippen molar-refractivity contribution < 1.29 is 5.11 Å². The van der Waals surface area contributed by atoms with Gasteiger partial charge in [0.1, 0.15) is 0 Å². The molecule has 1 aliphatic carbocycles. The van der Waals surface area contributed by atoms with Gasteiger partial charge in [-0.3, -0.25) is 0 Å². The number of aliphatic hydroxyl groups excluding tert-OH is 1. The van der Waals surface area contributed by atoms with Crippen molar-refractivity contribution in [2.75, 3.05) is 0 Å². The molecule has 0 fully saturated rings. The number of rotatable bonds is 1. The monoisotopic (exact) mass is 144 g/mol. The van der Waals surface area contributed by atoms with Crippen LogP contribution in [0.5, 0.6) is 0 Å². The van der Waals surface area contributed by atoms with E-state index in [-0.39, 0.29) is 6.61 Å². The van der Waals surface area contributed by atoms with Crippen molar-refractivity contribution in [2.24, 2.45) is 0 Å². The molecule has 54 valence electrons. The summed E-state index contributed by atoms with van der Waals surface area (Å²) in [5, 5.41) is 8.94. The molecule has 0 unspecified atom stereocenters. The van der Waals surface area contributed by atoms with E-state index in [1.807, 2.05) is 30.4 Å². The molecular formula is C10H8O. The normalized spacial score (nSPS) is 12.1. The molecule has 1 aromatic carbocycles. The molecule has 0 aromatic heterocycles. The molecule has 0 heterocycles. The van der Waals surface area contributed by atoms with Crippen LogP contribution in [0.2, 0.25) is 0 Å². The zero-order valence-corrected chi connectivity index (χ0v) is 6.04. The highest BCUT2D eigenvalue weighted by Crippen LogP contribution is 2.21. The van der Waals surface area contributed by atoms with Crippen molar-refractivity contribution in [1.82, 2.24) is 0 Å². The van der Waals surface area contributed by atoms with Crippen LogP contribution in [0.4, 0.5) is 0 Å². The van der Waals surface area contributed by atoms with E-state index in [1.54, 1.807) is 0 Å². The molecule has 0 atom stereocenters. The first-order valence-corrected chi connectivity index (χ1v) is 3.57. The first-order valence-electron chi connectivity index (χ1n) is 3.57. The Hall–Kier alpha value is -1.30. The van der Waals surface area contributed by atoms with Crippen LogP contribution in [0, 0.1) is 0 Å². The Morgan fingerprint density at radius 1 is 1.27 bits per heavy atom. The second-order valence-electron chi connectivity index (χ2n) is 2.53. The summed E-state index contributed by atoms with van der Waals surface area (Å²) in [6.07, 6.45) is 3.83. The number of benzene rings is 1. The third-order valence-corrected chi connectivity index (χ3v) is 1.87. The van der Waals surface area contributed by atoms with Crippen LogP contribution in [0.3, 0.4) is 0 Å². The van der Waals surface area contributed by atoms with E-state index < -0.39 is 0 Å². The molecular weight excluding hydrogens is 136 g/mol. The molecule has 0 spiro atoms. The van der Waals surface area contributed by atoms with Gasteiger partial charge in [0.05, 0.1) is 6.61 Å². The summed E-state index contributed by atoms with van der Waals surface area (Å²) in [5.74, 6) is 0. The average molecular weight is 144 g/mol. The standard InChI is InChI=1S/C10H8O/c11-7-9-5-1-3-8-4-2-6-10(8)9/h1,3-6,11H,7H2. The van der Waals surface area contributed by atoms with Gasteiger partial charge >= 0.3 is 0 Å². The summed E-state index contributed by atoms with van der Waals surface area (Å²) in [4.78, 5) is 0. The second kappa shape index (κ2) is 2.39. The summed E-state index contributed by atoms with van der Waals surface area (Å²) >= 11 is 0. The Morgan fingerprint density at radius 2 is 2.18 bits per heavy atom. The van der Waals surface area contributed by atoms with E-state index in [0.29, 0.717) is 0 Å². The number of aliphatic hydroxyl groups is 1. The molecule has 11 heavy (non-hydrogen) atoms. The summed E-state index contributed by atoms with van der Waals surface area (Å²) < 4.78 is 0. The fourth-order valence-electron chi connectivity index (χ4n) is 1.29. The highest BCUT2D eigenvalue weighted by molar-refractivity contribution is 5.74. The van der Waals surface area contributed by atoms with Crippen LogP contribution in [-0.2, 0) is 6.61 Å². The molecule has 1 aliphatic rings. The van der Waals surface area contributed by atoms with Gasteiger partial charge < -0.3 is 5.11 Å². The van der Waals surface area contributed by atoms with Gasteiger partial charge in [-0.05, 0) is 28.8 Å². The first-order chi connectivity index (χ1) is 5.42. The Morgan fingerprint density at radius 3 is 3.00 bits per heavy atom. The maximum atomic E-state index is 8.94. The van der Waals surface area contributed by atoms with Gasteiger partial charge in [-0.2, -0.15) is 0 Å². The second-order valence-corrected chi connectivity index (χ2v) is 2.53. The van der Waals surface area contributed by atoms with Crippen molar-refractivity contribution >= 4 is 12.2 Å². The maximum absolute atomic E-state index is 8.94. The Bertz CT molecular complexity index is 344. The molecule has 0 saturated heterocycles. The van der Waals surface area contributed by atoms with Crippen LogP contribution in [0.25, 0.3) is 12.2 Å². The maximum Gasteiger partial charge on any atom is 0.0688 e. The van der Waals surface area contributed by atoms with Gasteiger partial charge in [0.2, 0.25) is 0 Å². The minimum absolute atomic E-state index is 0.106. The van der Waals surface area contributed by atoms with Crippen LogP contribution in [-0.4, -0.2) is 5.11 Å². The lowest BCUT2D eigenvalue weighted by Crippen LogP contribution is -1.88. The summed E-state index contributed by atoms with van der Waals surface area (Å²) in [6, 6.07) is 5.89. The van der Waals surface area contributed by atoms with E-state index in [9.17, 15) is 0 Å². The van der Waals surface area contributed by atoms with E-state index in [1.165, 1.54) is 0 Å². The van der Waals surface area contributed by atoms with E-state index >= 15 is 0 Å². The van der Waals surface area contributed by atoms with E-state index in [0.717, 1.165) is 16.7 Å². The molecule has 0 amide bonds. The minimum atomic E-state index is 0.106. The SMILES string of the molecule is OCc1cccc2c1C=C=C2. The molecule has 1 aromatic rings. The number of hydrogen-bond donors (Lipinski definition) is 1. The fraction of sp³-hybridized carbons (Fsp3) is 0.100. The fourth-order valence-corrected chi connectivity index (χ4v) is 1.29. The van der Waals surface area contributed by atoms with Gasteiger partial charge in [0.25, 0.3) is 0 Å². The van der Waals surface area contributed by atoms with Crippen LogP contribution < -0.4 is 0 Å². The molecule has 0 radical (unpaired) electrons. The lowest BCUT2D eigenvalue weighted by atomic mass is 10.0. The predicted molar refractivity (Wildman–Crippen MR) is 44.8 cm³/mol. The topological polar surface area (TPSA) is 20.2 Å². The van der Waals surface area contributed by atoms with Gasteiger partial charge in [-0.25, -0.2) is 0 Å². The number of fused-ring (bicyclic) bond motifs is 1. The third kappa shape index (κ3) is 0.911. The smallest absolute Gasteiger partial charge is 0.0688 e. The molecule has 1 heteroatoms. The lowest BCUT2D eigenvalue weighted by molar-refractivity contribution is 0.281. The number of hydrogen-bond acceptors (Lipinski definition) is 1. The van der Waals surface area contributed by atoms with E-state index in [4.69, 9.17) is 5.11 Å². The van der Waals surface area contributed by atoms with Crippen molar-refractivity contribution in [1.29, 1.82) is 0 Å². The largest absolute Gasteiger partial charge is 0.392 e. The summed E-state index contributed by atoms with van der Waals surface area (Å²) in [7, 11) is 0. The van der Waals surface area contributed by atoms with Crippen LogP contribution >= 0.6 is 0 Å². The minimum Gasteiger partial charge on any atom is -0.392 e. The van der Waals surface area contributed by atoms with Crippen molar-refractivity contribution in [3.8, 4) is 0 Å². The molecule has 0 bridgehead atoms. The van der Waals surface area contributed by atoms with Gasteiger partial charge in [0.15, 0.2) is 0 Å². The molecule has 1 nitrogen and oxygen atoms in total. The van der Waals surface area contributed by atoms with E-state index in [2.05, 4.69) is 5.73 Å². The van der Waals surface area contributed by atoms with Crippen LogP contribution in [0.15, 0.2) is 23.9 Å². The molecule has 2 rings (SSSR count). The molecule has 0 saturated carbocycles. The summed E-state index contributed by atoms with van der Waals surface area (Å²) in [5.41, 5.74) is 6.23. The third-order valence-electron chi connectivity index (χ3n) is 1.87. The Kier molecular flexibility index (Phi) is 1.39. The lowest BCUT2D eigenvalue weighted by Gasteiger charge is -2.01. The highest BCUT2D eigenvalue weighted by atomic mass is 16.3. The molecule has 1 N–H and O–H groups in total. The Balaban J connectivity index is 2.62. The zero-order chi connectivity index (χ0) is 7.68. The van der Waals surface area contributed by atoms with Crippen molar-refractivity contribution in [3.63, 3.8) is 0 Å². The van der Waals surface area contributed by atoms with Gasteiger partial charge in [0, 0.05) is 0 Å². The van der Waals surface area contributed by atoms with Crippen LogP contribution in [0.1, 0.15) is 16.7 Å². The van der Waals surface area contributed by atoms with Gasteiger partial charge in [-0.15, -0.1) is 5.73 Å². The quantitative estimate of drug-likeness (QED) is 0.605. The zero-order valence-electron chi connectivity index (χ0n) is 6.04. The average Bonchev–Trinajstić information content (AvgIpc) is 2.50. The Labute approximate surface area is 65.3 Å². The summed E-state index contributed by atoms with van der Waals surface area (Å²) in [6.45, 7) is 0.106. The molecule has 0 aliphatic heterocycles. The van der Waals surface area contributed by atoms with Crippen molar-refractivity contribution in [2.45, 2.75) is 6.61 Å². The first kappa shape index (κ1) is 6.41.